The summed E-state index contributed by atoms with van der Waals surface area (Å²) in [6.07, 6.45) is 4.56. The maximum Gasteiger partial charge on any atom is 0.0734 e. The number of thiophene rings is 1. The van der Waals surface area contributed by atoms with Crippen LogP contribution in [0.5, 0.6) is 0 Å². The van der Waals surface area contributed by atoms with E-state index in [1.165, 1.54) is 35.1 Å². The molecule has 106 valence electrons. The molecule has 0 saturated carbocycles. The monoisotopic (exact) mass is 313 g/mol. The van der Waals surface area contributed by atoms with Gasteiger partial charge in [0.15, 0.2) is 0 Å². The number of para-hydroxylation sites is 1. The molecule has 1 nitrogen and oxygen atoms in total. The van der Waals surface area contributed by atoms with E-state index in [0.29, 0.717) is 0 Å². The molecule has 1 aliphatic rings. The van der Waals surface area contributed by atoms with Crippen molar-refractivity contribution in [2.75, 3.05) is 0 Å². The molecule has 0 radical (unpaired) electrons. The van der Waals surface area contributed by atoms with Gasteiger partial charge in [0, 0.05) is 27.3 Å². The topological polar surface area (TPSA) is 12.9 Å². The summed E-state index contributed by atoms with van der Waals surface area (Å²) in [5.41, 5.74) is 3.64. The second-order valence-electron chi connectivity index (χ2n) is 5.62. The Labute approximate surface area is 133 Å². The van der Waals surface area contributed by atoms with Crippen molar-refractivity contribution in [3.63, 3.8) is 0 Å². The van der Waals surface area contributed by atoms with Crippen LogP contribution >= 0.6 is 22.9 Å². The molecule has 21 heavy (non-hydrogen) atoms. The molecule has 0 aliphatic heterocycles. The Morgan fingerprint density at radius 1 is 1.14 bits per heavy atom. The standard InChI is InChI=1S/C18H16ClNS/c19-15(18-10-13-5-3-7-17(13)21-18)11-14-9-8-12-4-1-2-6-16(12)20-14/h1-2,4,6,8-10,15H,3,5,7,11H2. The first-order valence-electron chi connectivity index (χ1n) is 7.40. The summed E-state index contributed by atoms with van der Waals surface area (Å²) in [7, 11) is 0. The molecule has 0 N–H and O–H groups in total. The lowest BCUT2D eigenvalue weighted by atomic mass is 10.1. The molecule has 3 aromatic rings. The van der Waals surface area contributed by atoms with E-state index in [-0.39, 0.29) is 5.38 Å². The molecule has 0 bridgehead atoms. The number of aromatic nitrogens is 1. The van der Waals surface area contributed by atoms with Gasteiger partial charge in [-0.05, 0) is 43.0 Å². The Bertz CT molecular complexity index is 771. The summed E-state index contributed by atoms with van der Waals surface area (Å²) < 4.78 is 0. The van der Waals surface area contributed by atoms with E-state index in [9.17, 15) is 0 Å². The van der Waals surface area contributed by atoms with Crippen LogP contribution in [0.4, 0.5) is 0 Å². The molecule has 2 heterocycles. The highest BCUT2D eigenvalue weighted by Gasteiger charge is 2.19. The van der Waals surface area contributed by atoms with Gasteiger partial charge in [-0.15, -0.1) is 22.9 Å². The Hall–Kier alpha value is -1.38. The van der Waals surface area contributed by atoms with Crippen molar-refractivity contribution in [1.29, 1.82) is 0 Å². The molecular weight excluding hydrogens is 298 g/mol. The Balaban J connectivity index is 1.58. The van der Waals surface area contributed by atoms with Gasteiger partial charge in [-0.3, -0.25) is 4.98 Å². The smallest absolute Gasteiger partial charge is 0.0734 e. The number of nitrogens with zero attached hydrogens (tertiary/aromatic N) is 1. The predicted molar refractivity (Wildman–Crippen MR) is 90.4 cm³/mol. The Morgan fingerprint density at radius 3 is 2.95 bits per heavy atom. The highest BCUT2D eigenvalue weighted by molar-refractivity contribution is 7.12. The zero-order valence-electron chi connectivity index (χ0n) is 11.7. The van der Waals surface area contributed by atoms with Crippen LogP contribution in [-0.2, 0) is 19.3 Å². The molecule has 1 atom stereocenters. The number of alkyl halides is 1. The molecule has 0 fully saturated rings. The van der Waals surface area contributed by atoms with Crippen molar-refractivity contribution < 1.29 is 0 Å². The minimum absolute atomic E-state index is 0.0364. The molecule has 4 rings (SSSR count). The highest BCUT2D eigenvalue weighted by Crippen LogP contribution is 2.37. The van der Waals surface area contributed by atoms with Crippen LogP contribution in [0.1, 0.15) is 32.8 Å². The summed E-state index contributed by atoms with van der Waals surface area (Å²) in [5, 5.41) is 1.22. The van der Waals surface area contributed by atoms with Crippen LogP contribution in [0.3, 0.4) is 0 Å². The van der Waals surface area contributed by atoms with Crippen molar-refractivity contribution in [2.45, 2.75) is 31.1 Å². The first-order chi connectivity index (χ1) is 10.3. The molecule has 0 saturated heterocycles. The molecule has 1 aliphatic carbocycles. The maximum atomic E-state index is 6.63. The number of halogens is 1. The van der Waals surface area contributed by atoms with E-state index in [2.05, 4.69) is 30.3 Å². The average Bonchev–Trinajstić information content (AvgIpc) is 3.08. The van der Waals surface area contributed by atoms with Gasteiger partial charge >= 0.3 is 0 Å². The first-order valence-corrected chi connectivity index (χ1v) is 8.65. The Kier molecular flexibility index (Phi) is 3.44. The third-order valence-corrected chi connectivity index (χ3v) is 5.99. The van der Waals surface area contributed by atoms with Crippen LogP contribution in [0.25, 0.3) is 10.9 Å². The fourth-order valence-electron chi connectivity index (χ4n) is 3.01. The number of hydrogen-bond acceptors (Lipinski definition) is 2. The number of benzene rings is 1. The second kappa shape index (κ2) is 5.43. The molecular formula is C18H16ClNS. The predicted octanol–water partition coefficient (Wildman–Crippen LogP) is 5.31. The van der Waals surface area contributed by atoms with Crippen molar-refractivity contribution in [2.24, 2.45) is 0 Å². The lowest BCUT2D eigenvalue weighted by Gasteiger charge is -2.08. The zero-order valence-corrected chi connectivity index (χ0v) is 13.3. The second-order valence-corrected chi connectivity index (χ2v) is 7.31. The minimum atomic E-state index is 0.0364. The third kappa shape index (κ3) is 2.58. The van der Waals surface area contributed by atoms with E-state index in [0.717, 1.165) is 17.6 Å². The molecule has 0 spiro atoms. The van der Waals surface area contributed by atoms with Crippen LogP contribution in [0.2, 0.25) is 0 Å². The fraction of sp³-hybridized carbons (Fsp3) is 0.278. The van der Waals surface area contributed by atoms with Gasteiger partial charge in [-0.2, -0.15) is 0 Å². The highest BCUT2D eigenvalue weighted by atomic mass is 35.5. The summed E-state index contributed by atoms with van der Waals surface area (Å²) in [4.78, 5) is 7.57. The summed E-state index contributed by atoms with van der Waals surface area (Å²) in [6, 6.07) is 14.8. The number of fused-ring (bicyclic) bond motifs is 2. The summed E-state index contributed by atoms with van der Waals surface area (Å²) >= 11 is 8.52. The number of aryl methyl sites for hydroxylation is 2. The van der Waals surface area contributed by atoms with Crippen molar-refractivity contribution in [3.05, 3.63) is 63.5 Å². The van der Waals surface area contributed by atoms with E-state index in [1.54, 1.807) is 4.88 Å². The van der Waals surface area contributed by atoms with Gasteiger partial charge in [-0.25, -0.2) is 0 Å². The minimum Gasteiger partial charge on any atom is -0.253 e. The fourth-order valence-corrected chi connectivity index (χ4v) is 4.60. The number of rotatable bonds is 3. The van der Waals surface area contributed by atoms with E-state index < -0.39 is 0 Å². The van der Waals surface area contributed by atoms with E-state index in [1.807, 2.05) is 23.5 Å². The molecule has 1 aromatic carbocycles. The normalized spacial score (nSPS) is 15.3. The maximum absolute atomic E-state index is 6.63. The van der Waals surface area contributed by atoms with Crippen LogP contribution in [0.15, 0.2) is 42.5 Å². The lowest BCUT2D eigenvalue weighted by molar-refractivity contribution is 0.892. The van der Waals surface area contributed by atoms with Gasteiger partial charge in [0.1, 0.15) is 0 Å². The van der Waals surface area contributed by atoms with Crippen LogP contribution in [0, 0.1) is 0 Å². The molecule has 2 aromatic heterocycles. The van der Waals surface area contributed by atoms with E-state index >= 15 is 0 Å². The molecule has 3 heteroatoms. The molecule has 1 unspecified atom stereocenters. The Morgan fingerprint density at radius 2 is 2.05 bits per heavy atom. The quantitative estimate of drug-likeness (QED) is 0.597. The number of hydrogen-bond donors (Lipinski definition) is 0. The average molecular weight is 314 g/mol. The zero-order chi connectivity index (χ0) is 14.2. The van der Waals surface area contributed by atoms with Crippen molar-refractivity contribution >= 4 is 33.8 Å². The van der Waals surface area contributed by atoms with Gasteiger partial charge in [-0.1, -0.05) is 24.3 Å². The third-order valence-electron chi connectivity index (χ3n) is 4.12. The van der Waals surface area contributed by atoms with Crippen molar-refractivity contribution in [1.82, 2.24) is 4.98 Å². The number of pyridine rings is 1. The van der Waals surface area contributed by atoms with E-state index in [4.69, 9.17) is 16.6 Å². The summed E-state index contributed by atoms with van der Waals surface area (Å²) in [5.74, 6) is 0. The van der Waals surface area contributed by atoms with Gasteiger partial charge in [0.05, 0.1) is 10.9 Å². The van der Waals surface area contributed by atoms with Gasteiger partial charge in [0.25, 0.3) is 0 Å². The first kappa shape index (κ1) is 13.3. The largest absolute Gasteiger partial charge is 0.253 e. The van der Waals surface area contributed by atoms with Crippen LogP contribution in [-0.4, -0.2) is 4.98 Å². The van der Waals surface area contributed by atoms with Gasteiger partial charge < -0.3 is 0 Å². The lowest BCUT2D eigenvalue weighted by Crippen LogP contribution is -1.97. The summed E-state index contributed by atoms with van der Waals surface area (Å²) in [6.45, 7) is 0. The van der Waals surface area contributed by atoms with Gasteiger partial charge in [0.2, 0.25) is 0 Å². The van der Waals surface area contributed by atoms with Crippen LogP contribution < -0.4 is 0 Å². The SMILES string of the molecule is ClC(Cc1ccc2ccccc2n1)c1cc2c(s1)CCC2. The van der Waals surface area contributed by atoms with Crippen molar-refractivity contribution in [3.8, 4) is 0 Å². The molecule has 0 amide bonds.